The highest BCUT2D eigenvalue weighted by Crippen LogP contribution is 2.27. The molecular weight excluding hydrogens is 422 g/mol. The Morgan fingerprint density at radius 3 is 2.65 bits per heavy atom. The Morgan fingerprint density at radius 1 is 1.06 bits per heavy atom. The molecule has 0 saturated carbocycles. The van der Waals surface area contributed by atoms with E-state index in [1.807, 2.05) is 24.4 Å². The molecule has 2 aromatic carbocycles. The van der Waals surface area contributed by atoms with E-state index >= 15 is 0 Å². The molecule has 0 radical (unpaired) electrons. The molecule has 34 heavy (non-hydrogen) atoms. The van der Waals surface area contributed by atoms with Crippen molar-refractivity contribution in [3.63, 3.8) is 0 Å². The van der Waals surface area contributed by atoms with Gasteiger partial charge in [0, 0.05) is 56.1 Å². The van der Waals surface area contributed by atoms with Crippen LogP contribution in [0.2, 0.25) is 0 Å². The maximum absolute atomic E-state index is 6.11. The molecule has 0 N–H and O–H groups in total. The summed E-state index contributed by atoms with van der Waals surface area (Å²) in [6.07, 6.45) is 5.02. The van der Waals surface area contributed by atoms with Crippen LogP contribution in [0.1, 0.15) is 35.7 Å². The van der Waals surface area contributed by atoms with Crippen molar-refractivity contribution in [3.8, 4) is 11.5 Å². The number of likely N-dealkylation sites (N-methyl/N-ethyl adjacent to an activating group) is 1. The van der Waals surface area contributed by atoms with E-state index < -0.39 is 0 Å². The van der Waals surface area contributed by atoms with Crippen LogP contribution in [0.4, 0.5) is 0 Å². The van der Waals surface area contributed by atoms with E-state index in [1.165, 1.54) is 16.7 Å². The molecule has 1 unspecified atom stereocenters. The monoisotopic (exact) mass is 459 g/mol. The second kappa shape index (κ2) is 12.0. The SMILES string of the molecule is COc1ccc(CCC(C)N2CCOc3ccc(CN(C)CCc4ccccn4)cc3C2)cc1. The number of hydrogen-bond donors (Lipinski definition) is 0. The van der Waals surface area contributed by atoms with Crippen LogP contribution < -0.4 is 9.47 Å². The minimum atomic E-state index is 0.487. The van der Waals surface area contributed by atoms with Gasteiger partial charge in [-0.25, -0.2) is 0 Å². The average molecular weight is 460 g/mol. The fourth-order valence-corrected chi connectivity index (χ4v) is 4.53. The molecule has 5 nitrogen and oxygen atoms in total. The van der Waals surface area contributed by atoms with Gasteiger partial charge in [0.25, 0.3) is 0 Å². The first-order valence-electron chi connectivity index (χ1n) is 12.3. The van der Waals surface area contributed by atoms with E-state index in [-0.39, 0.29) is 0 Å². The number of fused-ring (bicyclic) bond motifs is 1. The molecule has 4 rings (SSSR count). The van der Waals surface area contributed by atoms with Gasteiger partial charge in [0.2, 0.25) is 0 Å². The van der Waals surface area contributed by atoms with Gasteiger partial charge < -0.3 is 14.4 Å². The molecule has 1 atom stereocenters. The third kappa shape index (κ3) is 6.81. The van der Waals surface area contributed by atoms with Gasteiger partial charge in [-0.1, -0.05) is 24.3 Å². The molecule has 0 fully saturated rings. The summed E-state index contributed by atoms with van der Waals surface area (Å²) in [6, 6.07) is 21.7. The quantitative estimate of drug-likeness (QED) is 0.427. The molecule has 0 amide bonds. The molecule has 1 aliphatic rings. The van der Waals surface area contributed by atoms with Gasteiger partial charge in [0.05, 0.1) is 7.11 Å². The zero-order valence-corrected chi connectivity index (χ0v) is 20.7. The first-order valence-corrected chi connectivity index (χ1v) is 12.3. The minimum Gasteiger partial charge on any atom is -0.497 e. The molecule has 0 spiro atoms. The van der Waals surface area contributed by atoms with Gasteiger partial charge in [-0.15, -0.1) is 0 Å². The Bertz CT molecular complexity index is 1020. The topological polar surface area (TPSA) is 37.8 Å². The lowest BCUT2D eigenvalue weighted by Crippen LogP contribution is -2.34. The largest absolute Gasteiger partial charge is 0.497 e. The van der Waals surface area contributed by atoms with Crippen molar-refractivity contribution in [3.05, 3.63) is 89.2 Å². The number of nitrogens with zero attached hydrogens (tertiary/aromatic N) is 3. The van der Waals surface area contributed by atoms with Crippen LogP contribution >= 0.6 is 0 Å². The molecular formula is C29H37N3O2. The molecule has 3 aromatic rings. The van der Waals surface area contributed by atoms with E-state index in [9.17, 15) is 0 Å². The van der Waals surface area contributed by atoms with Crippen LogP contribution in [0.25, 0.3) is 0 Å². The Labute approximate surface area is 204 Å². The second-order valence-electron chi connectivity index (χ2n) is 9.31. The smallest absolute Gasteiger partial charge is 0.123 e. The number of pyridine rings is 1. The summed E-state index contributed by atoms with van der Waals surface area (Å²) in [7, 11) is 3.89. The molecule has 180 valence electrons. The van der Waals surface area contributed by atoms with E-state index in [1.54, 1.807) is 7.11 Å². The maximum Gasteiger partial charge on any atom is 0.123 e. The van der Waals surface area contributed by atoms with Crippen molar-refractivity contribution >= 4 is 0 Å². The van der Waals surface area contributed by atoms with Gasteiger partial charge in [0.15, 0.2) is 0 Å². The third-order valence-corrected chi connectivity index (χ3v) is 6.70. The number of aryl methyl sites for hydroxylation is 1. The van der Waals surface area contributed by atoms with Gasteiger partial charge in [0.1, 0.15) is 18.1 Å². The summed E-state index contributed by atoms with van der Waals surface area (Å²) in [4.78, 5) is 9.36. The standard InChI is InChI=1S/C29H37N3O2/c1-23(7-8-24-9-12-28(33-3)13-10-24)32-18-19-34-29-14-11-25(20-26(29)22-32)21-31(2)17-15-27-6-4-5-16-30-27/h4-6,9-14,16,20,23H,7-8,15,17-19,21-22H2,1-3H3. The fourth-order valence-electron chi connectivity index (χ4n) is 4.53. The van der Waals surface area contributed by atoms with Crippen molar-refractivity contribution in [1.29, 1.82) is 0 Å². The summed E-state index contributed by atoms with van der Waals surface area (Å²) in [5.41, 5.74) is 5.13. The molecule has 1 aliphatic heterocycles. The molecule has 0 saturated heterocycles. The van der Waals surface area contributed by atoms with Gasteiger partial charge >= 0.3 is 0 Å². The van der Waals surface area contributed by atoms with Crippen LogP contribution in [-0.4, -0.2) is 54.7 Å². The Hall–Kier alpha value is -2.89. The van der Waals surface area contributed by atoms with Crippen LogP contribution in [-0.2, 0) is 25.9 Å². The number of methoxy groups -OCH3 is 1. The lowest BCUT2D eigenvalue weighted by Gasteiger charge is -2.27. The zero-order valence-electron chi connectivity index (χ0n) is 20.7. The van der Waals surface area contributed by atoms with E-state index in [0.29, 0.717) is 6.04 Å². The third-order valence-electron chi connectivity index (χ3n) is 6.70. The first-order chi connectivity index (χ1) is 16.6. The van der Waals surface area contributed by atoms with Crippen LogP contribution in [0.3, 0.4) is 0 Å². The Kier molecular flexibility index (Phi) is 8.56. The number of aromatic nitrogens is 1. The van der Waals surface area contributed by atoms with Gasteiger partial charge in [-0.3, -0.25) is 9.88 Å². The van der Waals surface area contributed by atoms with E-state index in [4.69, 9.17) is 9.47 Å². The molecule has 0 aliphatic carbocycles. The van der Waals surface area contributed by atoms with Crippen LogP contribution in [0.5, 0.6) is 11.5 Å². The Morgan fingerprint density at radius 2 is 1.88 bits per heavy atom. The van der Waals surface area contributed by atoms with Crippen LogP contribution in [0.15, 0.2) is 66.9 Å². The van der Waals surface area contributed by atoms with Gasteiger partial charge in [-0.2, -0.15) is 0 Å². The second-order valence-corrected chi connectivity index (χ2v) is 9.31. The van der Waals surface area contributed by atoms with Gasteiger partial charge in [-0.05, 0) is 74.3 Å². The molecule has 1 aromatic heterocycles. The lowest BCUT2D eigenvalue weighted by molar-refractivity contribution is 0.172. The lowest BCUT2D eigenvalue weighted by atomic mass is 10.0. The highest BCUT2D eigenvalue weighted by molar-refractivity contribution is 5.38. The van der Waals surface area contributed by atoms with E-state index in [2.05, 4.69) is 71.2 Å². The maximum atomic E-state index is 6.11. The van der Waals surface area contributed by atoms with E-state index in [0.717, 1.165) is 69.2 Å². The minimum absolute atomic E-state index is 0.487. The first kappa shape index (κ1) is 24.2. The Balaban J connectivity index is 1.32. The van der Waals surface area contributed by atoms with Crippen LogP contribution in [0, 0.1) is 0 Å². The van der Waals surface area contributed by atoms with Crippen molar-refractivity contribution in [1.82, 2.24) is 14.8 Å². The average Bonchev–Trinajstić information content (AvgIpc) is 3.09. The number of rotatable bonds is 10. The summed E-state index contributed by atoms with van der Waals surface area (Å²) < 4.78 is 11.4. The highest BCUT2D eigenvalue weighted by Gasteiger charge is 2.20. The normalized spacial score (nSPS) is 14.8. The van der Waals surface area contributed by atoms with Crippen molar-refractivity contribution in [2.75, 3.05) is 33.9 Å². The summed E-state index contributed by atoms with van der Waals surface area (Å²) in [6.45, 7) is 6.88. The number of ether oxygens (including phenoxy) is 2. The number of hydrogen-bond acceptors (Lipinski definition) is 5. The fraction of sp³-hybridized carbons (Fsp3) is 0.414. The molecule has 5 heteroatoms. The zero-order chi connectivity index (χ0) is 23.8. The predicted molar refractivity (Wildman–Crippen MR) is 137 cm³/mol. The summed E-state index contributed by atoms with van der Waals surface area (Å²) in [5, 5.41) is 0. The summed E-state index contributed by atoms with van der Waals surface area (Å²) in [5.74, 6) is 1.95. The van der Waals surface area contributed by atoms with Crippen molar-refractivity contribution in [2.45, 2.75) is 45.3 Å². The molecule has 2 heterocycles. The summed E-state index contributed by atoms with van der Waals surface area (Å²) >= 11 is 0. The van der Waals surface area contributed by atoms with Crippen molar-refractivity contribution < 1.29 is 9.47 Å². The van der Waals surface area contributed by atoms with Crippen molar-refractivity contribution in [2.24, 2.45) is 0 Å². The number of benzene rings is 2. The predicted octanol–water partition coefficient (Wildman–Crippen LogP) is 4.98. The molecule has 0 bridgehead atoms. The highest BCUT2D eigenvalue weighted by atomic mass is 16.5.